The highest BCUT2D eigenvalue weighted by Gasteiger charge is 2.42. The first-order chi connectivity index (χ1) is 13.1. The lowest BCUT2D eigenvalue weighted by atomic mass is 10.1. The van der Waals surface area contributed by atoms with Gasteiger partial charge in [0.05, 0.1) is 24.1 Å². The van der Waals surface area contributed by atoms with E-state index in [9.17, 15) is 9.59 Å². The van der Waals surface area contributed by atoms with Crippen LogP contribution in [0, 0.1) is 5.92 Å². The molecule has 1 aromatic heterocycles. The van der Waals surface area contributed by atoms with Gasteiger partial charge in [-0.15, -0.1) is 0 Å². The standard InChI is InChI=1S/C20H26N4O3/c1-3-23(20(26)13-10-19(25)24(12-13)14-4-5-14)9-8-18-21-16-7-6-15(27-2)11-17(16)22-18/h6-7,11,13-14H,3-5,8-10,12H2,1-2H3,(H,21,22)/t13-/m1/s1. The molecule has 2 aliphatic rings. The van der Waals surface area contributed by atoms with Crippen molar-refractivity contribution in [2.75, 3.05) is 26.7 Å². The molecule has 1 saturated carbocycles. The van der Waals surface area contributed by atoms with Crippen molar-refractivity contribution in [1.29, 1.82) is 0 Å². The third kappa shape index (κ3) is 3.63. The van der Waals surface area contributed by atoms with E-state index < -0.39 is 0 Å². The number of rotatable bonds is 7. The van der Waals surface area contributed by atoms with Crippen molar-refractivity contribution in [1.82, 2.24) is 19.8 Å². The molecule has 4 rings (SSSR count). The van der Waals surface area contributed by atoms with Gasteiger partial charge in [0.1, 0.15) is 11.6 Å². The molecule has 1 N–H and O–H groups in total. The topological polar surface area (TPSA) is 78.5 Å². The number of fused-ring (bicyclic) bond motifs is 1. The number of hydrogen-bond donors (Lipinski definition) is 1. The van der Waals surface area contributed by atoms with Crippen LogP contribution in [-0.4, -0.2) is 64.4 Å². The lowest BCUT2D eigenvalue weighted by Gasteiger charge is -2.24. The Hall–Kier alpha value is -2.57. The van der Waals surface area contributed by atoms with Crippen molar-refractivity contribution in [2.45, 2.75) is 38.6 Å². The summed E-state index contributed by atoms with van der Waals surface area (Å²) in [5.41, 5.74) is 1.82. The van der Waals surface area contributed by atoms with Crippen LogP contribution < -0.4 is 4.74 Å². The fourth-order valence-corrected chi connectivity index (χ4v) is 3.85. The second-order valence-corrected chi connectivity index (χ2v) is 7.41. The molecule has 0 bridgehead atoms. The largest absolute Gasteiger partial charge is 0.497 e. The molecule has 1 aliphatic heterocycles. The van der Waals surface area contributed by atoms with Gasteiger partial charge < -0.3 is 19.5 Å². The number of nitrogens with one attached hydrogen (secondary N) is 1. The fraction of sp³-hybridized carbons (Fsp3) is 0.550. The van der Waals surface area contributed by atoms with E-state index in [0.29, 0.717) is 38.5 Å². The molecule has 27 heavy (non-hydrogen) atoms. The molecule has 1 aromatic carbocycles. The summed E-state index contributed by atoms with van der Waals surface area (Å²) in [4.78, 5) is 36.7. The maximum absolute atomic E-state index is 12.9. The fourth-order valence-electron chi connectivity index (χ4n) is 3.85. The number of likely N-dealkylation sites (N-methyl/N-ethyl adjacent to an activating group) is 1. The van der Waals surface area contributed by atoms with Gasteiger partial charge in [0, 0.05) is 44.6 Å². The summed E-state index contributed by atoms with van der Waals surface area (Å²) in [6.07, 6.45) is 3.18. The lowest BCUT2D eigenvalue weighted by molar-refractivity contribution is -0.135. The average Bonchev–Trinajstić information content (AvgIpc) is 3.32. The van der Waals surface area contributed by atoms with Crippen LogP contribution >= 0.6 is 0 Å². The summed E-state index contributed by atoms with van der Waals surface area (Å²) in [5, 5.41) is 0. The molecule has 2 aromatic rings. The summed E-state index contributed by atoms with van der Waals surface area (Å²) < 4.78 is 5.24. The minimum absolute atomic E-state index is 0.0896. The van der Waals surface area contributed by atoms with Crippen molar-refractivity contribution in [3.05, 3.63) is 24.0 Å². The Morgan fingerprint density at radius 1 is 1.41 bits per heavy atom. The van der Waals surface area contributed by atoms with Gasteiger partial charge in [-0.25, -0.2) is 4.98 Å². The van der Waals surface area contributed by atoms with Gasteiger partial charge in [0.15, 0.2) is 0 Å². The molecule has 1 saturated heterocycles. The summed E-state index contributed by atoms with van der Waals surface area (Å²) in [5.74, 6) is 1.67. The van der Waals surface area contributed by atoms with Gasteiger partial charge in [-0.3, -0.25) is 9.59 Å². The van der Waals surface area contributed by atoms with Gasteiger partial charge in [-0.1, -0.05) is 0 Å². The zero-order valence-corrected chi connectivity index (χ0v) is 15.9. The number of carbonyl (C=O) groups excluding carboxylic acids is 2. The summed E-state index contributed by atoms with van der Waals surface area (Å²) in [6, 6.07) is 6.12. The number of aromatic nitrogens is 2. The number of methoxy groups -OCH3 is 1. The summed E-state index contributed by atoms with van der Waals surface area (Å²) >= 11 is 0. The van der Waals surface area contributed by atoms with E-state index in [1.807, 2.05) is 34.9 Å². The Morgan fingerprint density at radius 2 is 2.22 bits per heavy atom. The maximum Gasteiger partial charge on any atom is 0.227 e. The first-order valence-corrected chi connectivity index (χ1v) is 9.70. The highest BCUT2D eigenvalue weighted by Crippen LogP contribution is 2.33. The highest BCUT2D eigenvalue weighted by molar-refractivity contribution is 5.89. The van der Waals surface area contributed by atoms with E-state index >= 15 is 0 Å². The molecule has 0 unspecified atom stereocenters. The van der Waals surface area contributed by atoms with Crippen LogP contribution in [0.15, 0.2) is 18.2 Å². The number of likely N-dealkylation sites (tertiary alicyclic amines) is 1. The zero-order valence-electron chi connectivity index (χ0n) is 15.9. The minimum atomic E-state index is -0.196. The van der Waals surface area contributed by atoms with E-state index in [0.717, 1.165) is 35.4 Å². The predicted molar refractivity (Wildman–Crippen MR) is 101 cm³/mol. The number of hydrogen-bond acceptors (Lipinski definition) is 4. The summed E-state index contributed by atoms with van der Waals surface area (Å²) in [6.45, 7) is 3.81. The first kappa shape index (κ1) is 17.8. The Morgan fingerprint density at radius 3 is 2.93 bits per heavy atom. The van der Waals surface area contributed by atoms with Crippen LogP contribution in [-0.2, 0) is 16.0 Å². The van der Waals surface area contributed by atoms with E-state index in [-0.39, 0.29) is 17.7 Å². The minimum Gasteiger partial charge on any atom is -0.497 e. The van der Waals surface area contributed by atoms with E-state index in [1.54, 1.807) is 7.11 Å². The molecule has 1 atom stereocenters. The molecule has 7 heteroatoms. The quantitative estimate of drug-likeness (QED) is 0.808. The molecule has 2 heterocycles. The molecule has 7 nitrogen and oxygen atoms in total. The molecular formula is C20H26N4O3. The number of imidazole rings is 1. The monoisotopic (exact) mass is 370 g/mol. The molecule has 0 radical (unpaired) electrons. The number of ether oxygens (including phenoxy) is 1. The van der Waals surface area contributed by atoms with Gasteiger partial charge in [0.25, 0.3) is 0 Å². The molecule has 2 fully saturated rings. The Balaban J connectivity index is 1.38. The second-order valence-electron chi connectivity index (χ2n) is 7.41. The van der Waals surface area contributed by atoms with Crippen molar-refractivity contribution in [3.8, 4) is 5.75 Å². The third-order valence-electron chi connectivity index (χ3n) is 5.55. The van der Waals surface area contributed by atoms with Crippen LogP contribution in [0.25, 0.3) is 11.0 Å². The van der Waals surface area contributed by atoms with Crippen LogP contribution in [0.1, 0.15) is 32.0 Å². The smallest absolute Gasteiger partial charge is 0.227 e. The highest BCUT2D eigenvalue weighted by atomic mass is 16.5. The molecule has 0 spiro atoms. The van der Waals surface area contributed by atoms with Gasteiger partial charge in [-0.2, -0.15) is 0 Å². The predicted octanol–water partition coefficient (Wildman–Crippen LogP) is 1.97. The number of H-pyrrole nitrogens is 1. The van der Waals surface area contributed by atoms with Crippen molar-refractivity contribution in [2.24, 2.45) is 5.92 Å². The van der Waals surface area contributed by atoms with Gasteiger partial charge in [0.2, 0.25) is 11.8 Å². The second kappa shape index (κ2) is 7.21. The van der Waals surface area contributed by atoms with E-state index in [2.05, 4.69) is 9.97 Å². The molecular weight excluding hydrogens is 344 g/mol. The summed E-state index contributed by atoms with van der Waals surface area (Å²) in [7, 11) is 1.64. The molecule has 144 valence electrons. The average molecular weight is 370 g/mol. The van der Waals surface area contributed by atoms with Gasteiger partial charge >= 0.3 is 0 Å². The van der Waals surface area contributed by atoms with Crippen molar-refractivity contribution < 1.29 is 14.3 Å². The number of aromatic amines is 1. The lowest BCUT2D eigenvalue weighted by Crippen LogP contribution is -2.39. The van der Waals surface area contributed by atoms with Crippen LogP contribution in [0.5, 0.6) is 5.75 Å². The number of carbonyl (C=O) groups is 2. The van der Waals surface area contributed by atoms with E-state index in [4.69, 9.17) is 4.74 Å². The third-order valence-corrected chi connectivity index (χ3v) is 5.55. The van der Waals surface area contributed by atoms with E-state index in [1.165, 1.54) is 0 Å². The van der Waals surface area contributed by atoms with Crippen molar-refractivity contribution in [3.63, 3.8) is 0 Å². The zero-order chi connectivity index (χ0) is 19.0. The van der Waals surface area contributed by atoms with Crippen LogP contribution in [0.3, 0.4) is 0 Å². The Kier molecular flexibility index (Phi) is 4.76. The maximum atomic E-state index is 12.9. The van der Waals surface area contributed by atoms with Gasteiger partial charge in [-0.05, 0) is 31.9 Å². The molecule has 2 amide bonds. The normalized spacial score (nSPS) is 19.7. The van der Waals surface area contributed by atoms with Crippen LogP contribution in [0.2, 0.25) is 0 Å². The Bertz CT molecular complexity index is 858. The first-order valence-electron chi connectivity index (χ1n) is 9.70. The van der Waals surface area contributed by atoms with Crippen LogP contribution in [0.4, 0.5) is 0 Å². The Labute approximate surface area is 158 Å². The van der Waals surface area contributed by atoms with Crippen molar-refractivity contribution >= 4 is 22.8 Å². The SMILES string of the molecule is CCN(CCc1nc2ccc(OC)cc2[nH]1)C(=O)[C@@H]1CC(=O)N(C2CC2)C1. The number of benzene rings is 1. The number of nitrogens with zero attached hydrogens (tertiary/aromatic N) is 3. The molecule has 1 aliphatic carbocycles. The number of amides is 2.